The third-order valence-corrected chi connectivity index (χ3v) is 1.88. The summed E-state index contributed by atoms with van der Waals surface area (Å²) in [5.74, 6) is 0.668. The lowest BCUT2D eigenvalue weighted by molar-refractivity contribution is -0.115. The van der Waals surface area contributed by atoms with E-state index in [0.717, 1.165) is 11.3 Å². The Kier molecular flexibility index (Phi) is 4.41. The third kappa shape index (κ3) is 3.46. The van der Waals surface area contributed by atoms with Gasteiger partial charge in [0.25, 0.3) is 0 Å². The number of hydrogen-bond acceptors (Lipinski definition) is 2. The van der Waals surface area contributed by atoms with Crippen molar-refractivity contribution in [1.82, 2.24) is 5.32 Å². The van der Waals surface area contributed by atoms with Gasteiger partial charge in [0.2, 0.25) is 5.91 Å². The highest BCUT2D eigenvalue weighted by molar-refractivity contribution is 5.91. The molecule has 0 unspecified atom stereocenters. The van der Waals surface area contributed by atoms with Gasteiger partial charge < -0.3 is 10.1 Å². The zero-order chi connectivity index (χ0) is 11.1. The number of nitrogens with one attached hydrogen (secondary N) is 1. The molecule has 1 aromatic carbocycles. The van der Waals surface area contributed by atoms with Crippen LogP contribution in [0.4, 0.5) is 0 Å². The van der Waals surface area contributed by atoms with Crippen LogP contribution < -0.4 is 10.1 Å². The number of amides is 1. The third-order valence-electron chi connectivity index (χ3n) is 1.88. The molecule has 0 aromatic heterocycles. The second-order valence-corrected chi connectivity index (χ2v) is 2.92. The van der Waals surface area contributed by atoms with Gasteiger partial charge in [0.05, 0.1) is 6.61 Å². The van der Waals surface area contributed by atoms with Crippen LogP contribution in [0.5, 0.6) is 5.75 Å². The molecule has 0 radical (unpaired) electrons. The van der Waals surface area contributed by atoms with E-state index in [4.69, 9.17) is 4.74 Å². The van der Waals surface area contributed by atoms with E-state index in [1.165, 1.54) is 6.08 Å². The molecule has 1 rings (SSSR count). The van der Waals surface area contributed by atoms with E-state index < -0.39 is 0 Å². The second-order valence-electron chi connectivity index (χ2n) is 2.92. The minimum absolute atomic E-state index is 0.124. The van der Waals surface area contributed by atoms with Crippen LogP contribution in [0.2, 0.25) is 0 Å². The molecule has 0 fully saturated rings. The quantitative estimate of drug-likeness (QED) is 0.762. The molecule has 1 aromatic rings. The first kappa shape index (κ1) is 11.3. The standard InChI is InChI=1S/C12H15NO2/c1-3-15-11-7-5-4-6-10(11)8-9-12(14)13-2/h4-9H,3H2,1-2H3,(H,13,14)/b9-8+. The van der Waals surface area contributed by atoms with E-state index in [-0.39, 0.29) is 5.91 Å². The summed E-state index contributed by atoms with van der Waals surface area (Å²) >= 11 is 0. The fourth-order valence-electron chi connectivity index (χ4n) is 1.15. The summed E-state index contributed by atoms with van der Waals surface area (Å²) in [5, 5.41) is 2.52. The van der Waals surface area contributed by atoms with Crippen LogP contribution in [0.3, 0.4) is 0 Å². The SMILES string of the molecule is CCOc1ccccc1/C=C/C(=O)NC. The van der Waals surface area contributed by atoms with Crippen LogP contribution in [0.25, 0.3) is 6.08 Å². The van der Waals surface area contributed by atoms with Crippen molar-refractivity contribution in [2.75, 3.05) is 13.7 Å². The molecule has 0 aliphatic rings. The molecular formula is C12H15NO2. The molecule has 0 saturated carbocycles. The number of carbonyl (C=O) groups excluding carboxylic acids is 1. The molecule has 0 aliphatic heterocycles. The lowest BCUT2D eigenvalue weighted by atomic mass is 10.2. The Labute approximate surface area is 89.8 Å². The summed E-state index contributed by atoms with van der Waals surface area (Å²) in [6.45, 7) is 2.55. The largest absolute Gasteiger partial charge is 0.493 e. The predicted molar refractivity (Wildman–Crippen MR) is 60.7 cm³/mol. The fourth-order valence-corrected chi connectivity index (χ4v) is 1.15. The lowest BCUT2D eigenvalue weighted by Crippen LogP contribution is -2.13. The lowest BCUT2D eigenvalue weighted by Gasteiger charge is -2.05. The van der Waals surface area contributed by atoms with E-state index in [1.54, 1.807) is 13.1 Å². The van der Waals surface area contributed by atoms with E-state index in [9.17, 15) is 4.79 Å². The number of ether oxygens (including phenoxy) is 1. The highest BCUT2D eigenvalue weighted by atomic mass is 16.5. The molecule has 0 saturated heterocycles. The van der Waals surface area contributed by atoms with Crippen molar-refractivity contribution in [1.29, 1.82) is 0 Å². The summed E-state index contributed by atoms with van der Waals surface area (Å²) in [7, 11) is 1.60. The number of benzene rings is 1. The van der Waals surface area contributed by atoms with Crippen molar-refractivity contribution in [3.8, 4) is 5.75 Å². The van der Waals surface area contributed by atoms with Crippen molar-refractivity contribution in [2.45, 2.75) is 6.92 Å². The Bertz CT molecular complexity index is 358. The van der Waals surface area contributed by atoms with Gasteiger partial charge in [0.1, 0.15) is 5.75 Å². The second kappa shape index (κ2) is 5.86. The summed E-state index contributed by atoms with van der Waals surface area (Å²) < 4.78 is 5.42. The minimum Gasteiger partial charge on any atom is -0.493 e. The average Bonchev–Trinajstić information content (AvgIpc) is 2.28. The number of hydrogen-bond donors (Lipinski definition) is 1. The van der Waals surface area contributed by atoms with Crippen LogP contribution >= 0.6 is 0 Å². The smallest absolute Gasteiger partial charge is 0.243 e. The molecule has 0 aliphatic carbocycles. The van der Waals surface area contributed by atoms with Gasteiger partial charge in [-0.3, -0.25) is 4.79 Å². The van der Waals surface area contributed by atoms with E-state index in [1.807, 2.05) is 31.2 Å². The maximum Gasteiger partial charge on any atom is 0.243 e. The Balaban J connectivity index is 2.83. The maximum absolute atomic E-state index is 11.0. The van der Waals surface area contributed by atoms with Gasteiger partial charge in [0.15, 0.2) is 0 Å². The molecule has 0 bridgehead atoms. The number of para-hydroxylation sites is 1. The average molecular weight is 205 g/mol. The van der Waals surface area contributed by atoms with Crippen LogP contribution in [-0.4, -0.2) is 19.6 Å². The van der Waals surface area contributed by atoms with Crippen molar-refractivity contribution in [3.63, 3.8) is 0 Å². The zero-order valence-electron chi connectivity index (χ0n) is 8.99. The van der Waals surface area contributed by atoms with E-state index >= 15 is 0 Å². The molecule has 0 atom stereocenters. The van der Waals surface area contributed by atoms with E-state index in [2.05, 4.69) is 5.32 Å². The number of carbonyl (C=O) groups is 1. The highest BCUT2D eigenvalue weighted by Gasteiger charge is 1.98. The molecule has 1 N–H and O–H groups in total. The Morgan fingerprint density at radius 1 is 1.47 bits per heavy atom. The molecule has 1 amide bonds. The Hall–Kier alpha value is -1.77. The van der Waals surface area contributed by atoms with Gasteiger partial charge in [-0.05, 0) is 19.1 Å². The van der Waals surface area contributed by atoms with E-state index in [0.29, 0.717) is 6.61 Å². The fraction of sp³-hybridized carbons (Fsp3) is 0.250. The molecule has 0 heterocycles. The van der Waals surface area contributed by atoms with Gasteiger partial charge in [-0.2, -0.15) is 0 Å². The van der Waals surface area contributed by atoms with Crippen molar-refractivity contribution in [3.05, 3.63) is 35.9 Å². The van der Waals surface area contributed by atoms with Gasteiger partial charge in [-0.15, -0.1) is 0 Å². The number of likely N-dealkylation sites (N-methyl/N-ethyl adjacent to an activating group) is 1. The van der Waals surface area contributed by atoms with Crippen LogP contribution in [0, 0.1) is 0 Å². The minimum atomic E-state index is -0.124. The highest BCUT2D eigenvalue weighted by Crippen LogP contribution is 2.19. The summed E-state index contributed by atoms with van der Waals surface area (Å²) in [6.07, 6.45) is 3.22. The molecule has 3 nitrogen and oxygen atoms in total. The molecule has 3 heteroatoms. The van der Waals surface area contributed by atoms with Crippen molar-refractivity contribution < 1.29 is 9.53 Å². The van der Waals surface area contributed by atoms with Crippen molar-refractivity contribution >= 4 is 12.0 Å². The zero-order valence-corrected chi connectivity index (χ0v) is 8.99. The van der Waals surface area contributed by atoms with Crippen LogP contribution in [0.15, 0.2) is 30.3 Å². The first-order valence-corrected chi connectivity index (χ1v) is 4.89. The van der Waals surface area contributed by atoms with Crippen molar-refractivity contribution in [2.24, 2.45) is 0 Å². The predicted octanol–water partition coefficient (Wildman–Crippen LogP) is 1.84. The first-order chi connectivity index (χ1) is 7.27. The first-order valence-electron chi connectivity index (χ1n) is 4.89. The molecule has 15 heavy (non-hydrogen) atoms. The topological polar surface area (TPSA) is 38.3 Å². The molecule has 0 spiro atoms. The van der Waals surface area contributed by atoms with Gasteiger partial charge >= 0.3 is 0 Å². The monoisotopic (exact) mass is 205 g/mol. The Morgan fingerprint density at radius 2 is 2.20 bits per heavy atom. The van der Waals surface area contributed by atoms with Gasteiger partial charge in [-0.1, -0.05) is 18.2 Å². The summed E-state index contributed by atoms with van der Waals surface area (Å²) in [6, 6.07) is 7.60. The van der Waals surface area contributed by atoms with Crippen LogP contribution in [0.1, 0.15) is 12.5 Å². The van der Waals surface area contributed by atoms with Gasteiger partial charge in [0, 0.05) is 18.7 Å². The molecular weight excluding hydrogens is 190 g/mol. The van der Waals surface area contributed by atoms with Crippen LogP contribution in [-0.2, 0) is 4.79 Å². The molecule has 80 valence electrons. The summed E-state index contributed by atoms with van der Waals surface area (Å²) in [5.41, 5.74) is 0.906. The van der Waals surface area contributed by atoms with Gasteiger partial charge in [-0.25, -0.2) is 0 Å². The number of rotatable bonds is 4. The Morgan fingerprint density at radius 3 is 2.87 bits per heavy atom. The summed E-state index contributed by atoms with van der Waals surface area (Å²) in [4.78, 5) is 11.0. The maximum atomic E-state index is 11.0. The normalized spacial score (nSPS) is 10.3.